The second kappa shape index (κ2) is 8.00. The number of H-pyrrole nitrogens is 1. The van der Waals surface area contributed by atoms with E-state index >= 15 is 0 Å². The van der Waals surface area contributed by atoms with Gasteiger partial charge in [-0.15, -0.1) is 11.3 Å². The number of aromatic nitrogens is 3. The molecule has 0 unspecified atom stereocenters. The van der Waals surface area contributed by atoms with Gasteiger partial charge in [0, 0.05) is 17.0 Å². The summed E-state index contributed by atoms with van der Waals surface area (Å²) >= 11 is 1.55. The SMILES string of the molecule is COc1ccc2cc(/C=N\Nc3ncnc4scc(-c5ccccc5)c34)c(=O)[nH]c2c1. The molecular weight excluding hydrogens is 410 g/mol. The lowest BCUT2D eigenvalue weighted by Gasteiger charge is -2.05. The molecule has 0 amide bonds. The van der Waals surface area contributed by atoms with Crippen LogP contribution in [-0.4, -0.2) is 28.3 Å². The van der Waals surface area contributed by atoms with E-state index in [4.69, 9.17) is 4.74 Å². The first-order valence-corrected chi connectivity index (χ1v) is 10.4. The van der Waals surface area contributed by atoms with Gasteiger partial charge >= 0.3 is 0 Å². The zero-order valence-corrected chi connectivity index (χ0v) is 17.3. The summed E-state index contributed by atoms with van der Waals surface area (Å²) in [4.78, 5) is 24.9. The molecule has 3 heterocycles. The van der Waals surface area contributed by atoms with E-state index in [2.05, 4.69) is 30.9 Å². The van der Waals surface area contributed by atoms with Gasteiger partial charge in [-0.2, -0.15) is 5.10 Å². The fourth-order valence-corrected chi connectivity index (χ4v) is 4.29. The third kappa shape index (κ3) is 3.64. The number of nitrogens with zero attached hydrogens (tertiary/aromatic N) is 3. The van der Waals surface area contributed by atoms with Crippen molar-refractivity contribution in [3.05, 3.63) is 82.2 Å². The summed E-state index contributed by atoms with van der Waals surface area (Å²) in [5.41, 5.74) is 6.00. The highest BCUT2D eigenvalue weighted by molar-refractivity contribution is 7.17. The van der Waals surface area contributed by atoms with E-state index < -0.39 is 0 Å². The van der Waals surface area contributed by atoms with Crippen LogP contribution in [0.5, 0.6) is 5.75 Å². The molecule has 152 valence electrons. The molecule has 31 heavy (non-hydrogen) atoms. The summed E-state index contributed by atoms with van der Waals surface area (Å²) in [6.07, 6.45) is 2.99. The monoisotopic (exact) mass is 427 g/mol. The van der Waals surface area contributed by atoms with E-state index in [0.29, 0.717) is 22.6 Å². The number of aromatic amines is 1. The number of fused-ring (bicyclic) bond motifs is 2. The lowest BCUT2D eigenvalue weighted by atomic mass is 10.1. The summed E-state index contributed by atoms with van der Waals surface area (Å²) in [6, 6.07) is 17.4. The Bertz CT molecular complexity index is 1470. The molecule has 5 aromatic rings. The van der Waals surface area contributed by atoms with Gasteiger partial charge in [0.2, 0.25) is 0 Å². The molecule has 2 aromatic carbocycles. The van der Waals surface area contributed by atoms with Gasteiger partial charge in [-0.25, -0.2) is 9.97 Å². The molecule has 0 spiro atoms. The number of anilines is 1. The van der Waals surface area contributed by atoms with Crippen LogP contribution in [0.1, 0.15) is 5.56 Å². The maximum absolute atomic E-state index is 12.4. The number of hydrogen-bond acceptors (Lipinski definition) is 7. The van der Waals surface area contributed by atoms with Crippen LogP contribution < -0.4 is 15.7 Å². The second-order valence-electron chi connectivity index (χ2n) is 6.79. The first-order chi connectivity index (χ1) is 15.2. The lowest BCUT2D eigenvalue weighted by molar-refractivity contribution is 0.415. The molecular formula is C23H17N5O2S. The molecule has 0 bridgehead atoms. The maximum Gasteiger partial charge on any atom is 0.257 e. The van der Waals surface area contributed by atoms with E-state index in [-0.39, 0.29) is 5.56 Å². The molecule has 0 fully saturated rings. The van der Waals surface area contributed by atoms with E-state index in [9.17, 15) is 4.79 Å². The average Bonchev–Trinajstić information content (AvgIpc) is 3.25. The minimum atomic E-state index is -0.236. The summed E-state index contributed by atoms with van der Waals surface area (Å²) < 4.78 is 5.21. The second-order valence-corrected chi connectivity index (χ2v) is 7.65. The van der Waals surface area contributed by atoms with Crippen LogP contribution in [0.2, 0.25) is 0 Å². The largest absolute Gasteiger partial charge is 0.497 e. The fourth-order valence-electron chi connectivity index (χ4n) is 3.37. The molecule has 5 rings (SSSR count). The highest BCUT2D eigenvalue weighted by Gasteiger charge is 2.12. The zero-order chi connectivity index (χ0) is 21.2. The Balaban J connectivity index is 1.48. The van der Waals surface area contributed by atoms with E-state index in [0.717, 1.165) is 26.7 Å². The number of pyridine rings is 1. The van der Waals surface area contributed by atoms with Crippen molar-refractivity contribution in [1.29, 1.82) is 0 Å². The Hall–Kier alpha value is -4.04. The fraction of sp³-hybridized carbons (Fsp3) is 0.0435. The summed E-state index contributed by atoms with van der Waals surface area (Å²) in [6.45, 7) is 0. The molecule has 3 aromatic heterocycles. The molecule has 7 nitrogen and oxygen atoms in total. The standard InChI is InChI=1S/C23H17N5O2S/c1-30-17-8-7-15-9-16(22(29)27-19(15)10-17)11-26-28-21-20-18(14-5-3-2-4-6-14)12-31-23(20)25-13-24-21/h2-13H,1H3,(H,27,29)(H,24,25,28)/b26-11-. The van der Waals surface area contributed by atoms with Crippen molar-refractivity contribution >= 4 is 44.5 Å². The van der Waals surface area contributed by atoms with E-state index in [1.807, 2.05) is 42.5 Å². The van der Waals surface area contributed by atoms with Gasteiger partial charge < -0.3 is 9.72 Å². The van der Waals surface area contributed by atoms with Crippen LogP contribution >= 0.6 is 11.3 Å². The third-order valence-corrected chi connectivity index (χ3v) is 5.80. The van der Waals surface area contributed by atoms with Gasteiger partial charge in [0.15, 0.2) is 5.82 Å². The average molecular weight is 427 g/mol. The highest BCUT2D eigenvalue weighted by Crippen LogP contribution is 2.36. The Morgan fingerprint density at radius 1 is 1.13 bits per heavy atom. The number of ether oxygens (including phenoxy) is 1. The Labute approximate surface area is 181 Å². The number of benzene rings is 2. The number of thiophene rings is 1. The normalized spacial score (nSPS) is 11.4. The smallest absolute Gasteiger partial charge is 0.257 e. The van der Waals surface area contributed by atoms with Crippen LogP contribution in [0.4, 0.5) is 5.82 Å². The van der Waals surface area contributed by atoms with Crippen LogP contribution in [0, 0.1) is 0 Å². The third-order valence-electron chi connectivity index (χ3n) is 4.91. The van der Waals surface area contributed by atoms with Crippen molar-refractivity contribution in [2.45, 2.75) is 0 Å². The van der Waals surface area contributed by atoms with Gasteiger partial charge in [-0.3, -0.25) is 10.2 Å². The predicted octanol–water partition coefficient (Wildman–Crippen LogP) is 4.65. The van der Waals surface area contributed by atoms with Crippen molar-refractivity contribution in [2.24, 2.45) is 5.10 Å². The number of rotatable bonds is 5. The van der Waals surface area contributed by atoms with Crippen LogP contribution in [0.3, 0.4) is 0 Å². The molecule has 0 radical (unpaired) electrons. The first kappa shape index (κ1) is 19.0. The van der Waals surface area contributed by atoms with Crippen molar-refractivity contribution in [2.75, 3.05) is 12.5 Å². The van der Waals surface area contributed by atoms with Crippen molar-refractivity contribution in [3.8, 4) is 16.9 Å². The number of nitrogens with one attached hydrogen (secondary N) is 2. The van der Waals surface area contributed by atoms with Crippen molar-refractivity contribution in [1.82, 2.24) is 15.0 Å². The van der Waals surface area contributed by atoms with Gasteiger partial charge in [-0.05, 0) is 29.1 Å². The zero-order valence-electron chi connectivity index (χ0n) is 16.5. The maximum atomic E-state index is 12.4. The molecule has 0 aliphatic carbocycles. The molecule has 0 saturated carbocycles. The molecule has 0 saturated heterocycles. The van der Waals surface area contributed by atoms with Gasteiger partial charge in [0.25, 0.3) is 5.56 Å². The Morgan fingerprint density at radius 3 is 2.84 bits per heavy atom. The number of methoxy groups -OCH3 is 1. The number of hydrogen-bond donors (Lipinski definition) is 2. The molecule has 2 N–H and O–H groups in total. The van der Waals surface area contributed by atoms with Crippen molar-refractivity contribution < 1.29 is 4.74 Å². The van der Waals surface area contributed by atoms with Crippen molar-refractivity contribution in [3.63, 3.8) is 0 Å². The molecule has 0 atom stereocenters. The minimum Gasteiger partial charge on any atom is -0.497 e. The first-order valence-electron chi connectivity index (χ1n) is 9.51. The summed E-state index contributed by atoms with van der Waals surface area (Å²) in [5.74, 6) is 1.27. The van der Waals surface area contributed by atoms with Gasteiger partial charge in [0.1, 0.15) is 16.9 Å². The Kier molecular flexibility index (Phi) is 4.89. The molecule has 0 aliphatic heterocycles. The number of hydrazone groups is 1. The molecule has 8 heteroatoms. The summed E-state index contributed by atoms with van der Waals surface area (Å²) in [7, 11) is 1.59. The van der Waals surface area contributed by atoms with Gasteiger partial charge in [0.05, 0.1) is 29.8 Å². The van der Waals surface area contributed by atoms with Crippen LogP contribution in [0.15, 0.2) is 76.2 Å². The topological polar surface area (TPSA) is 92.3 Å². The minimum absolute atomic E-state index is 0.236. The quantitative estimate of drug-likeness (QED) is 0.315. The molecule has 0 aliphatic rings. The van der Waals surface area contributed by atoms with Crippen LogP contribution in [0.25, 0.3) is 32.2 Å². The lowest BCUT2D eigenvalue weighted by Crippen LogP contribution is -2.12. The van der Waals surface area contributed by atoms with E-state index in [1.165, 1.54) is 12.5 Å². The predicted molar refractivity (Wildman–Crippen MR) is 125 cm³/mol. The highest BCUT2D eigenvalue weighted by atomic mass is 32.1. The van der Waals surface area contributed by atoms with Crippen LogP contribution in [-0.2, 0) is 0 Å². The summed E-state index contributed by atoms with van der Waals surface area (Å²) in [5, 5.41) is 8.12. The van der Waals surface area contributed by atoms with E-state index in [1.54, 1.807) is 30.6 Å². The Morgan fingerprint density at radius 2 is 2.00 bits per heavy atom. The van der Waals surface area contributed by atoms with Gasteiger partial charge in [-0.1, -0.05) is 30.3 Å².